The molecule has 0 aliphatic heterocycles. The van der Waals surface area contributed by atoms with Gasteiger partial charge in [0.05, 0.1) is 5.69 Å². The molecular formula is C14H20N2OS. The molecule has 1 N–H and O–H groups in total. The maximum Gasteiger partial charge on any atom is 0.252 e. The van der Waals surface area contributed by atoms with Gasteiger partial charge in [-0.3, -0.25) is 10.1 Å². The number of hydrogen-bond donors (Lipinski definition) is 1. The minimum Gasteiger partial charge on any atom is -0.298 e. The molecule has 1 aromatic heterocycles. The van der Waals surface area contributed by atoms with Crippen LogP contribution in [0.15, 0.2) is 12.2 Å². The maximum atomic E-state index is 11.6. The normalized spacial score (nSPS) is 18.6. The van der Waals surface area contributed by atoms with E-state index in [-0.39, 0.29) is 5.91 Å². The van der Waals surface area contributed by atoms with E-state index in [2.05, 4.69) is 30.7 Å². The summed E-state index contributed by atoms with van der Waals surface area (Å²) in [6.45, 7) is 9.90. The van der Waals surface area contributed by atoms with Gasteiger partial charge in [-0.2, -0.15) is 0 Å². The zero-order valence-corrected chi connectivity index (χ0v) is 12.1. The number of hydrogen-bond acceptors (Lipinski definition) is 3. The molecule has 4 heteroatoms. The number of thiazole rings is 1. The van der Waals surface area contributed by atoms with Gasteiger partial charge in [-0.05, 0) is 38.0 Å². The molecule has 0 spiro atoms. The molecular weight excluding hydrogens is 244 g/mol. The van der Waals surface area contributed by atoms with Gasteiger partial charge in [0.1, 0.15) is 0 Å². The Labute approximate surface area is 112 Å². The Morgan fingerprint density at radius 1 is 1.56 bits per heavy atom. The first-order valence-corrected chi connectivity index (χ1v) is 7.24. The monoisotopic (exact) mass is 264 g/mol. The van der Waals surface area contributed by atoms with E-state index in [1.165, 1.54) is 17.0 Å². The van der Waals surface area contributed by atoms with E-state index in [0.717, 1.165) is 23.9 Å². The van der Waals surface area contributed by atoms with Gasteiger partial charge >= 0.3 is 0 Å². The van der Waals surface area contributed by atoms with Gasteiger partial charge in [0, 0.05) is 10.5 Å². The highest BCUT2D eigenvalue weighted by atomic mass is 32.1. The predicted molar refractivity (Wildman–Crippen MR) is 75.9 cm³/mol. The molecule has 0 fully saturated rings. The van der Waals surface area contributed by atoms with Crippen LogP contribution in [-0.4, -0.2) is 10.9 Å². The average molecular weight is 264 g/mol. The summed E-state index contributed by atoms with van der Waals surface area (Å²) in [7, 11) is 0. The molecule has 0 saturated carbocycles. The van der Waals surface area contributed by atoms with Crippen LogP contribution in [-0.2, 0) is 17.6 Å². The van der Waals surface area contributed by atoms with Gasteiger partial charge in [0.25, 0.3) is 5.91 Å². The second-order valence-electron chi connectivity index (χ2n) is 5.37. The number of carbonyl (C=O) groups excluding carboxylic acids is 1. The third kappa shape index (κ3) is 2.80. The molecule has 18 heavy (non-hydrogen) atoms. The molecule has 0 bridgehead atoms. The van der Waals surface area contributed by atoms with E-state index in [9.17, 15) is 4.79 Å². The number of amides is 1. The minimum absolute atomic E-state index is 0.137. The highest BCUT2D eigenvalue weighted by Crippen LogP contribution is 2.35. The summed E-state index contributed by atoms with van der Waals surface area (Å²) in [5.74, 6) is 1.33. The van der Waals surface area contributed by atoms with Gasteiger partial charge in [0.2, 0.25) is 0 Å². The lowest BCUT2D eigenvalue weighted by Gasteiger charge is -2.24. The van der Waals surface area contributed by atoms with Crippen molar-refractivity contribution in [3.8, 4) is 0 Å². The number of rotatable bonds is 3. The lowest BCUT2D eigenvalue weighted by Crippen LogP contribution is -2.17. The zero-order chi connectivity index (χ0) is 13.3. The molecule has 1 aliphatic rings. The number of fused-ring (bicyclic) bond motifs is 1. The van der Waals surface area contributed by atoms with Crippen LogP contribution in [0.3, 0.4) is 0 Å². The number of aryl methyl sites for hydroxylation is 1. The summed E-state index contributed by atoms with van der Waals surface area (Å²) in [4.78, 5) is 17.4. The Balaban J connectivity index is 2.10. The van der Waals surface area contributed by atoms with Gasteiger partial charge in [0.15, 0.2) is 5.13 Å². The molecule has 2 rings (SSSR count). The van der Waals surface area contributed by atoms with E-state index in [4.69, 9.17) is 0 Å². The van der Waals surface area contributed by atoms with Gasteiger partial charge in [-0.25, -0.2) is 4.98 Å². The summed E-state index contributed by atoms with van der Waals surface area (Å²) in [6.07, 6.45) is 3.35. The van der Waals surface area contributed by atoms with Crippen molar-refractivity contribution in [2.45, 2.75) is 40.0 Å². The second kappa shape index (κ2) is 5.22. The van der Waals surface area contributed by atoms with Crippen LogP contribution in [0.4, 0.5) is 5.13 Å². The molecule has 3 nitrogen and oxygen atoms in total. The first-order chi connectivity index (χ1) is 8.47. The van der Waals surface area contributed by atoms with Crippen molar-refractivity contribution in [3.63, 3.8) is 0 Å². The summed E-state index contributed by atoms with van der Waals surface area (Å²) >= 11 is 1.62. The fraction of sp³-hybridized carbons (Fsp3) is 0.571. The Morgan fingerprint density at radius 2 is 2.28 bits per heavy atom. The van der Waals surface area contributed by atoms with Crippen molar-refractivity contribution in [1.29, 1.82) is 0 Å². The first kappa shape index (κ1) is 13.3. The highest BCUT2D eigenvalue weighted by molar-refractivity contribution is 7.15. The van der Waals surface area contributed by atoms with Crippen molar-refractivity contribution in [2.75, 3.05) is 5.32 Å². The maximum absolute atomic E-state index is 11.6. The zero-order valence-electron chi connectivity index (χ0n) is 11.2. The molecule has 1 unspecified atom stereocenters. The van der Waals surface area contributed by atoms with Crippen LogP contribution in [0, 0.1) is 11.8 Å². The van der Waals surface area contributed by atoms with Crippen LogP contribution in [0.25, 0.3) is 0 Å². The molecule has 0 saturated heterocycles. The number of nitrogens with zero attached hydrogens (tertiary/aromatic N) is 1. The number of nitrogens with one attached hydrogen (secondary N) is 1. The van der Waals surface area contributed by atoms with E-state index in [0.29, 0.717) is 11.5 Å². The van der Waals surface area contributed by atoms with E-state index < -0.39 is 0 Å². The second-order valence-corrected chi connectivity index (χ2v) is 6.45. The topological polar surface area (TPSA) is 42.0 Å². The molecule has 1 heterocycles. The van der Waals surface area contributed by atoms with E-state index >= 15 is 0 Å². The van der Waals surface area contributed by atoms with Crippen LogP contribution < -0.4 is 5.32 Å². The largest absolute Gasteiger partial charge is 0.298 e. The third-order valence-electron chi connectivity index (χ3n) is 3.53. The fourth-order valence-electron chi connectivity index (χ4n) is 2.23. The van der Waals surface area contributed by atoms with E-state index in [1.807, 2.05) is 0 Å². The summed E-state index contributed by atoms with van der Waals surface area (Å²) < 4.78 is 0. The first-order valence-electron chi connectivity index (χ1n) is 6.42. The molecule has 1 aliphatic carbocycles. The van der Waals surface area contributed by atoms with E-state index in [1.54, 1.807) is 18.3 Å². The molecule has 98 valence electrons. The van der Waals surface area contributed by atoms with Gasteiger partial charge < -0.3 is 0 Å². The number of aromatic nitrogens is 1. The molecule has 0 radical (unpaired) electrons. The van der Waals surface area contributed by atoms with Gasteiger partial charge in [-0.15, -0.1) is 11.3 Å². The summed E-state index contributed by atoms with van der Waals surface area (Å²) in [5, 5.41) is 3.53. The molecule has 1 atom stereocenters. The Bertz CT molecular complexity index is 476. The molecule has 0 aromatic carbocycles. The Morgan fingerprint density at radius 3 is 2.89 bits per heavy atom. The lowest BCUT2D eigenvalue weighted by atomic mass is 9.83. The smallest absolute Gasteiger partial charge is 0.252 e. The molecule has 1 aromatic rings. The minimum atomic E-state index is -0.137. The van der Waals surface area contributed by atoms with Crippen molar-refractivity contribution in [3.05, 3.63) is 22.7 Å². The fourth-order valence-corrected chi connectivity index (χ4v) is 3.32. The highest BCUT2D eigenvalue weighted by Gasteiger charge is 2.24. The standard InChI is InChI=1S/C14H20N2OS/c1-8(2)10-5-6-11-12(7-10)18-14(15-11)16-13(17)9(3)4/h8,10H,3,5-7H2,1-2,4H3,(H,15,16,17). The quantitative estimate of drug-likeness (QED) is 0.850. The Kier molecular flexibility index (Phi) is 3.85. The summed E-state index contributed by atoms with van der Waals surface area (Å²) in [5.41, 5.74) is 1.69. The number of anilines is 1. The van der Waals surface area contributed by atoms with Crippen molar-refractivity contribution in [2.24, 2.45) is 11.8 Å². The van der Waals surface area contributed by atoms with Crippen LogP contribution in [0.2, 0.25) is 0 Å². The van der Waals surface area contributed by atoms with Crippen molar-refractivity contribution >= 4 is 22.4 Å². The van der Waals surface area contributed by atoms with Crippen molar-refractivity contribution in [1.82, 2.24) is 4.98 Å². The van der Waals surface area contributed by atoms with Gasteiger partial charge in [-0.1, -0.05) is 20.4 Å². The van der Waals surface area contributed by atoms with Crippen LogP contribution in [0.1, 0.15) is 37.8 Å². The lowest BCUT2D eigenvalue weighted by molar-refractivity contribution is -0.112. The van der Waals surface area contributed by atoms with Crippen molar-refractivity contribution < 1.29 is 4.79 Å². The summed E-state index contributed by atoms with van der Waals surface area (Å²) in [6, 6.07) is 0. The number of carbonyl (C=O) groups is 1. The molecule has 1 amide bonds. The Hall–Kier alpha value is -1.16. The average Bonchev–Trinajstić information content (AvgIpc) is 2.69. The third-order valence-corrected chi connectivity index (χ3v) is 4.56. The SMILES string of the molecule is C=C(C)C(=O)Nc1nc2c(s1)CC(C(C)C)CC2. The predicted octanol–water partition coefficient (Wildman–Crippen LogP) is 3.42. The van der Waals surface area contributed by atoms with Crippen LogP contribution >= 0.6 is 11.3 Å². The van der Waals surface area contributed by atoms with Crippen LogP contribution in [0.5, 0.6) is 0 Å².